The van der Waals surface area contributed by atoms with E-state index in [0.717, 1.165) is 16.5 Å². The lowest BCUT2D eigenvalue weighted by molar-refractivity contribution is 0.481. The number of fused-ring (bicyclic) bond motifs is 1. The predicted octanol–water partition coefficient (Wildman–Crippen LogP) is 4.47. The van der Waals surface area contributed by atoms with Crippen LogP contribution >= 0.6 is 15.9 Å². The topological polar surface area (TPSA) is 47.3 Å². The maximum atomic E-state index is 12.6. The molecule has 21 heavy (non-hydrogen) atoms. The smallest absolute Gasteiger partial charge is 0.239 e. The van der Waals surface area contributed by atoms with Crippen molar-refractivity contribution in [2.24, 2.45) is 0 Å². The number of hydrogen-bond donors (Lipinski definition) is 0. The van der Waals surface area contributed by atoms with Crippen LogP contribution in [0.4, 0.5) is 0 Å². The molecule has 0 fully saturated rings. The van der Waals surface area contributed by atoms with Crippen LogP contribution < -0.4 is 0 Å². The third-order valence-electron chi connectivity index (χ3n) is 3.31. The van der Waals surface area contributed by atoms with Gasteiger partial charge in [-0.1, -0.05) is 45.8 Å². The summed E-state index contributed by atoms with van der Waals surface area (Å²) in [4.78, 5) is 0.243. The predicted molar refractivity (Wildman–Crippen MR) is 85.5 cm³/mol. The van der Waals surface area contributed by atoms with Crippen molar-refractivity contribution in [2.75, 3.05) is 0 Å². The van der Waals surface area contributed by atoms with Gasteiger partial charge in [-0.05, 0) is 30.7 Å². The lowest BCUT2D eigenvalue weighted by Crippen LogP contribution is -2.00. The molecule has 0 aliphatic carbocycles. The van der Waals surface area contributed by atoms with Gasteiger partial charge in [0, 0.05) is 16.8 Å². The molecule has 3 aromatic rings. The Hall–Kier alpha value is -1.59. The Bertz CT molecular complexity index is 893. The highest BCUT2D eigenvalue weighted by molar-refractivity contribution is 9.08. The first-order valence-corrected chi connectivity index (χ1v) is 9.01. The molecule has 0 aliphatic heterocycles. The number of hydrogen-bond acceptors (Lipinski definition) is 3. The minimum absolute atomic E-state index is 0.0203. The zero-order valence-electron chi connectivity index (χ0n) is 11.3. The summed E-state index contributed by atoms with van der Waals surface area (Å²) in [5.74, 6) is 0. The molecule has 5 heteroatoms. The fraction of sp³-hybridized carbons (Fsp3) is 0.125. The highest BCUT2D eigenvalue weighted by atomic mass is 79.9. The monoisotopic (exact) mass is 364 g/mol. The number of furan rings is 1. The first kappa shape index (κ1) is 14.4. The number of aryl methyl sites for hydroxylation is 1. The van der Waals surface area contributed by atoms with E-state index >= 15 is 0 Å². The van der Waals surface area contributed by atoms with E-state index in [0.29, 0.717) is 10.9 Å². The summed E-state index contributed by atoms with van der Waals surface area (Å²) >= 11 is 3.37. The van der Waals surface area contributed by atoms with Crippen molar-refractivity contribution in [1.82, 2.24) is 0 Å². The quantitative estimate of drug-likeness (QED) is 0.644. The van der Waals surface area contributed by atoms with E-state index in [1.165, 1.54) is 0 Å². The number of sulfone groups is 1. The van der Waals surface area contributed by atoms with Crippen molar-refractivity contribution in [1.29, 1.82) is 0 Å². The highest BCUT2D eigenvalue weighted by Gasteiger charge is 2.22. The number of halogens is 1. The second kappa shape index (κ2) is 5.31. The maximum absolute atomic E-state index is 12.6. The molecule has 2 aromatic carbocycles. The molecule has 0 spiro atoms. The van der Waals surface area contributed by atoms with Gasteiger partial charge in [-0.3, -0.25) is 0 Å². The molecule has 0 N–H and O–H groups in total. The Labute approximate surface area is 131 Å². The molecule has 0 amide bonds. The van der Waals surface area contributed by atoms with Gasteiger partial charge in [0.15, 0.2) is 0 Å². The maximum Gasteiger partial charge on any atom is 0.239 e. The summed E-state index contributed by atoms with van der Waals surface area (Å²) in [6.07, 6.45) is 0. The molecule has 0 unspecified atom stereocenters. The van der Waals surface area contributed by atoms with E-state index in [-0.39, 0.29) is 9.99 Å². The molecular weight excluding hydrogens is 352 g/mol. The van der Waals surface area contributed by atoms with Crippen LogP contribution in [-0.4, -0.2) is 8.42 Å². The summed E-state index contributed by atoms with van der Waals surface area (Å²) in [6, 6.07) is 14.0. The SMILES string of the molecule is Cc1ccc(S(=O)(=O)c2cc3ccc(CBr)cc3o2)cc1. The first-order valence-electron chi connectivity index (χ1n) is 6.41. The first-order chi connectivity index (χ1) is 10.0. The number of benzene rings is 2. The van der Waals surface area contributed by atoms with Crippen LogP contribution in [0.5, 0.6) is 0 Å². The summed E-state index contributed by atoms with van der Waals surface area (Å²) in [6.45, 7) is 1.92. The molecular formula is C16H13BrO3S. The largest absolute Gasteiger partial charge is 0.444 e. The molecule has 0 radical (unpaired) electrons. The Morgan fingerprint density at radius 1 is 1.05 bits per heavy atom. The number of rotatable bonds is 3. The summed E-state index contributed by atoms with van der Waals surface area (Å²) in [7, 11) is -3.62. The molecule has 0 saturated carbocycles. The van der Waals surface area contributed by atoms with Crippen molar-refractivity contribution in [2.45, 2.75) is 22.2 Å². The van der Waals surface area contributed by atoms with Gasteiger partial charge in [-0.15, -0.1) is 0 Å². The van der Waals surface area contributed by atoms with Crippen LogP contribution in [0.3, 0.4) is 0 Å². The Morgan fingerprint density at radius 3 is 2.43 bits per heavy atom. The van der Waals surface area contributed by atoms with Gasteiger partial charge in [-0.25, -0.2) is 8.42 Å². The molecule has 1 aromatic heterocycles. The van der Waals surface area contributed by atoms with E-state index in [4.69, 9.17) is 4.42 Å². The summed E-state index contributed by atoms with van der Waals surface area (Å²) in [5.41, 5.74) is 2.63. The standard InChI is InChI=1S/C16H13BrO3S/c1-11-2-6-14(7-3-11)21(18,19)16-9-13-5-4-12(10-17)8-15(13)20-16/h2-9H,10H2,1H3. The van der Waals surface area contributed by atoms with Crippen LogP contribution in [0.1, 0.15) is 11.1 Å². The van der Waals surface area contributed by atoms with Crippen molar-refractivity contribution >= 4 is 36.7 Å². The zero-order valence-corrected chi connectivity index (χ0v) is 13.7. The van der Waals surface area contributed by atoms with Crippen LogP contribution in [0, 0.1) is 6.92 Å². The summed E-state index contributed by atoms with van der Waals surface area (Å²) in [5, 5.41) is 1.46. The molecule has 3 rings (SSSR count). The lowest BCUT2D eigenvalue weighted by Gasteiger charge is -2.01. The lowest BCUT2D eigenvalue weighted by atomic mass is 10.2. The second-order valence-corrected chi connectivity index (χ2v) is 7.33. The van der Waals surface area contributed by atoms with E-state index in [1.54, 1.807) is 30.3 Å². The molecule has 3 nitrogen and oxygen atoms in total. The molecule has 1 heterocycles. The second-order valence-electron chi connectivity index (χ2n) is 4.89. The van der Waals surface area contributed by atoms with Gasteiger partial charge in [0.1, 0.15) is 5.58 Å². The van der Waals surface area contributed by atoms with Crippen molar-refractivity contribution < 1.29 is 12.8 Å². The van der Waals surface area contributed by atoms with Crippen LogP contribution in [0.2, 0.25) is 0 Å². The van der Waals surface area contributed by atoms with E-state index in [1.807, 2.05) is 25.1 Å². The van der Waals surface area contributed by atoms with Crippen LogP contribution in [0.25, 0.3) is 11.0 Å². The average Bonchev–Trinajstić information content (AvgIpc) is 2.91. The Kier molecular flexibility index (Phi) is 3.63. The van der Waals surface area contributed by atoms with Crippen molar-refractivity contribution in [3.8, 4) is 0 Å². The zero-order chi connectivity index (χ0) is 15.0. The fourth-order valence-corrected chi connectivity index (χ4v) is 3.66. The Balaban J connectivity index is 2.12. The van der Waals surface area contributed by atoms with Crippen molar-refractivity contribution in [3.05, 3.63) is 59.7 Å². The minimum atomic E-state index is -3.62. The van der Waals surface area contributed by atoms with Crippen molar-refractivity contribution in [3.63, 3.8) is 0 Å². The van der Waals surface area contributed by atoms with E-state index in [2.05, 4.69) is 15.9 Å². The summed E-state index contributed by atoms with van der Waals surface area (Å²) < 4.78 is 30.7. The third kappa shape index (κ3) is 2.63. The van der Waals surface area contributed by atoms with Gasteiger partial charge in [0.05, 0.1) is 4.90 Å². The van der Waals surface area contributed by atoms with E-state index in [9.17, 15) is 8.42 Å². The molecule has 0 aliphatic rings. The Morgan fingerprint density at radius 2 is 1.76 bits per heavy atom. The van der Waals surface area contributed by atoms with Crippen LogP contribution in [-0.2, 0) is 15.2 Å². The van der Waals surface area contributed by atoms with Gasteiger partial charge in [0.2, 0.25) is 14.9 Å². The average molecular weight is 365 g/mol. The fourth-order valence-electron chi connectivity index (χ4n) is 2.10. The molecule has 108 valence electrons. The number of alkyl halides is 1. The van der Waals surface area contributed by atoms with Gasteiger partial charge >= 0.3 is 0 Å². The third-order valence-corrected chi connectivity index (χ3v) is 5.58. The van der Waals surface area contributed by atoms with Gasteiger partial charge < -0.3 is 4.42 Å². The normalized spacial score (nSPS) is 11.9. The van der Waals surface area contributed by atoms with Crippen LogP contribution in [0.15, 0.2) is 62.9 Å². The highest BCUT2D eigenvalue weighted by Crippen LogP contribution is 2.28. The molecule has 0 saturated heterocycles. The molecule has 0 bridgehead atoms. The van der Waals surface area contributed by atoms with Gasteiger partial charge in [-0.2, -0.15) is 0 Å². The van der Waals surface area contributed by atoms with Gasteiger partial charge in [0.25, 0.3) is 0 Å². The minimum Gasteiger partial charge on any atom is -0.444 e. The molecule has 0 atom stereocenters. The van der Waals surface area contributed by atoms with E-state index < -0.39 is 9.84 Å².